The van der Waals surface area contributed by atoms with Gasteiger partial charge in [0.05, 0.1) is 5.01 Å². The summed E-state index contributed by atoms with van der Waals surface area (Å²) >= 11 is 1.74. The van der Waals surface area contributed by atoms with Gasteiger partial charge in [-0.25, -0.2) is 4.98 Å². The van der Waals surface area contributed by atoms with Gasteiger partial charge in [-0.3, -0.25) is 9.79 Å². The van der Waals surface area contributed by atoms with Crippen molar-refractivity contribution in [2.75, 3.05) is 26.7 Å². The summed E-state index contributed by atoms with van der Waals surface area (Å²) in [5.74, 6) is 1.45. The zero-order valence-electron chi connectivity index (χ0n) is 15.3. The normalized spacial score (nSPS) is 21.8. The van der Waals surface area contributed by atoms with Crippen LogP contribution in [0.25, 0.3) is 0 Å². The molecule has 2 heterocycles. The van der Waals surface area contributed by atoms with Gasteiger partial charge >= 0.3 is 0 Å². The molecule has 1 saturated heterocycles. The van der Waals surface area contributed by atoms with Crippen molar-refractivity contribution in [2.24, 2.45) is 10.9 Å². The van der Waals surface area contributed by atoms with Gasteiger partial charge < -0.3 is 15.5 Å². The molecule has 1 atom stereocenters. The Hall–Kier alpha value is -1.63. The van der Waals surface area contributed by atoms with Crippen molar-refractivity contribution in [1.29, 1.82) is 0 Å². The number of carbonyl (C=O) groups is 1. The van der Waals surface area contributed by atoms with E-state index in [0.717, 1.165) is 56.3 Å². The summed E-state index contributed by atoms with van der Waals surface area (Å²) < 4.78 is 0. The fourth-order valence-electron chi connectivity index (χ4n) is 3.70. The van der Waals surface area contributed by atoms with E-state index in [-0.39, 0.29) is 5.92 Å². The number of hydrogen-bond donors (Lipinski definition) is 2. The molecule has 2 aliphatic rings. The Morgan fingerprint density at radius 3 is 2.88 bits per heavy atom. The Balaban J connectivity index is 1.40. The molecule has 3 rings (SSSR count). The maximum Gasteiger partial charge on any atom is 0.225 e. The maximum absolute atomic E-state index is 12.5. The lowest BCUT2D eigenvalue weighted by molar-refractivity contribution is -0.134. The number of nitrogens with zero attached hydrogens (tertiary/aromatic N) is 3. The number of rotatable bonds is 5. The molecule has 2 fully saturated rings. The topological polar surface area (TPSA) is 69.6 Å². The molecular formula is C18H29N5OS. The van der Waals surface area contributed by atoms with E-state index < -0.39 is 0 Å². The monoisotopic (exact) mass is 363 g/mol. The van der Waals surface area contributed by atoms with E-state index in [1.165, 1.54) is 17.7 Å². The van der Waals surface area contributed by atoms with Crippen LogP contribution in [-0.2, 0) is 11.2 Å². The molecule has 0 bridgehead atoms. The summed E-state index contributed by atoms with van der Waals surface area (Å²) in [5.41, 5.74) is 0. The van der Waals surface area contributed by atoms with Crippen molar-refractivity contribution in [2.45, 2.75) is 51.5 Å². The van der Waals surface area contributed by atoms with Gasteiger partial charge in [0.1, 0.15) is 0 Å². The maximum atomic E-state index is 12.5. The van der Waals surface area contributed by atoms with Gasteiger partial charge in [-0.15, -0.1) is 11.3 Å². The van der Waals surface area contributed by atoms with E-state index in [4.69, 9.17) is 0 Å². The Labute approximate surface area is 154 Å². The first kappa shape index (κ1) is 18.2. The summed E-state index contributed by atoms with van der Waals surface area (Å²) in [6, 6.07) is 0.290. The number of guanidine groups is 1. The molecule has 0 spiro atoms. The molecule has 0 aromatic carbocycles. The molecule has 0 radical (unpaired) electrons. The zero-order chi connectivity index (χ0) is 17.6. The predicted octanol–water partition coefficient (Wildman–Crippen LogP) is 1.95. The van der Waals surface area contributed by atoms with Gasteiger partial charge in [0, 0.05) is 56.1 Å². The van der Waals surface area contributed by atoms with Crippen molar-refractivity contribution in [3.63, 3.8) is 0 Å². The predicted molar refractivity (Wildman–Crippen MR) is 102 cm³/mol. The lowest BCUT2D eigenvalue weighted by Gasteiger charge is -2.21. The molecule has 1 amide bonds. The second-order valence-corrected chi connectivity index (χ2v) is 8.33. The fraction of sp³-hybridized carbons (Fsp3) is 0.722. The minimum Gasteiger partial charge on any atom is -0.356 e. The summed E-state index contributed by atoms with van der Waals surface area (Å²) in [5, 5.41) is 7.96. The first-order chi connectivity index (χ1) is 12.2. The van der Waals surface area contributed by atoms with Crippen LogP contribution in [0, 0.1) is 12.8 Å². The van der Waals surface area contributed by atoms with Crippen LogP contribution in [0.15, 0.2) is 11.2 Å². The lowest BCUT2D eigenvalue weighted by atomic mass is 10.1. The second kappa shape index (κ2) is 8.65. The molecule has 138 valence electrons. The first-order valence-corrected chi connectivity index (χ1v) is 10.1. The molecule has 6 nitrogen and oxygen atoms in total. The van der Waals surface area contributed by atoms with Crippen LogP contribution in [0.4, 0.5) is 0 Å². The zero-order valence-corrected chi connectivity index (χ0v) is 16.1. The third-order valence-electron chi connectivity index (χ3n) is 5.07. The van der Waals surface area contributed by atoms with E-state index in [1.807, 2.05) is 11.1 Å². The highest BCUT2D eigenvalue weighted by molar-refractivity contribution is 7.11. The van der Waals surface area contributed by atoms with Crippen molar-refractivity contribution in [3.8, 4) is 0 Å². The van der Waals surface area contributed by atoms with Crippen LogP contribution in [0.5, 0.6) is 0 Å². The largest absolute Gasteiger partial charge is 0.356 e. The molecule has 1 aliphatic carbocycles. The molecule has 1 aromatic rings. The number of aromatic nitrogens is 1. The van der Waals surface area contributed by atoms with Crippen molar-refractivity contribution >= 4 is 23.2 Å². The highest BCUT2D eigenvalue weighted by atomic mass is 32.1. The number of aryl methyl sites for hydroxylation is 1. The molecule has 1 unspecified atom stereocenters. The summed E-state index contributed by atoms with van der Waals surface area (Å²) in [4.78, 5) is 24.5. The van der Waals surface area contributed by atoms with Gasteiger partial charge in [-0.2, -0.15) is 0 Å². The van der Waals surface area contributed by atoms with Crippen LogP contribution in [0.3, 0.4) is 0 Å². The van der Waals surface area contributed by atoms with E-state index >= 15 is 0 Å². The summed E-state index contributed by atoms with van der Waals surface area (Å²) in [7, 11) is 1.79. The van der Waals surface area contributed by atoms with Crippen LogP contribution in [-0.4, -0.2) is 54.5 Å². The average molecular weight is 364 g/mol. The highest BCUT2D eigenvalue weighted by Crippen LogP contribution is 2.27. The SMILES string of the molecule is CN=C(NCCc1ncc(C)s1)NC1CCN(C(=O)C2CCCC2)C1. The minimum absolute atomic E-state index is 0.276. The minimum atomic E-state index is 0.276. The van der Waals surface area contributed by atoms with Crippen LogP contribution >= 0.6 is 11.3 Å². The second-order valence-electron chi connectivity index (χ2n) is 7.01. The van der Waals surface area contributed by atoms with E-state index in [0.29, 0.717) is 11.9 Å². The quantitative estimate of drug-likeness (QED) is 0.620. The number of amides is 1. The third kappa shape index (κ3) is 4.93. The number of aliphatic imine (C=N–C) groups is 1. The standard InChI is InChI=1S/C18H29N5OS/c1-13-11-21-16(25-13)7-9-20-18(19-2)22-15-8-10-23(12-15)17(24)14-5-3-4-6-14/h11,14-15H,3-10,12H2,1-2H3,(H2,19,20,22). The lowest BCUT2D eigenvalue weighted by Crippen LogP contribution is -2.45. The molecule has 1 aliphatic heterocycles. The summed E-state index contributed by atoms with van der Waals surface area (Å²) in [6.45, 7) is 4.54. The summed E-state index contributed by atoms with van der Waals surface area (Å²) in [6.07, 6.45) is 8.38. The van der Waals surface area contributed by atoms with Gasteiger partial charge in [-0.05, 0) is 26.2 Å². The number of carbonyl (C=O) groups excluding carboxylic acids is 1. The Kier molecular flexibility index (Phi) is 6.29. The van der Waals surface area contributed by atoms with Crippen molar-refractivity contribution < 1.29 is 4.79 Å². The van der Waals surface area contributed by atoms with E-state index in [2.05, 4.69) is 27.5 Å². The molecule has 2 N–H and O–H groups in total. The van der Waals surface area contributed by atoms with Crippen LogP contribution in [0.2, 0.25) is 0 Å². The Morgan fingerprint density at radius 1 is 1.40 bits per heavy atom. The fourth-order valence-corrected chi connectivity index (χ4v) is 4.49. The van der Waals surface area contributed by atoms with E-state index in [1.54, 1.807) is 18.4 Å². The van der Waals surface area contributed by atoms with Gasteiger partial charge in [0.15, 0.2) is 5.96 Å². The molecule has 1 aromatic heterocycles. The van der Waals surface area contributed by atoms with Crippen LogP contribution < -0.4 is 10.6 Å². The highest BCUT2D eigenvalue weighted by Gasteiger charge is 2.32. The molecular weight excluding hydrogens is 334 g/mol. The smallest absolute Gasteiger partial charge is 0.225 e. The van der Waals surface area contributed by atoms with Crippen molar-refractivity contribution in [3.05, 3.63) is 16.1 Å². The third-order valence-corrected chi connectivity index (χ3v) is 6.04. The number of thiazole rings is 1. The molecule has 25 heavy (non-hydrogen) atoms. The van der Waals surface area contributed by atoms with Gasteiger partial charge in [-0.1, -0.05) is 12.8 Å². The molecule has 7 heteroatoms. The Bertz CT molecular complexity index is 608. The van der Waals surface area contributed by atoms with Gasteiger partial charge in [0.2, 0.25) is 5.91 Å². The first-order valence-electron chi connectivity index (χ1n) is 9.33. The van der Waals surface area contributed by atoms with Gasteiger partial charge in [0.25, 0.3) is 0 Å². The van der Waals surface area contributed by atoms with Crippen molar-refractivity contribution in [1.82, 2.24) is 20.5 Å². The number of nitrogens with one attached hydrogen (secondary N) is 2. The van der Waals surface area contributed by atoms with E-state index in [9.17, 15) is 4.79 Å². The Morgan fingerprint density at radius 2 is 2.20 bits per heavy atom. The number of hydrogen-bond acceptors (Lipinski definition) is 4. The number of likely N-dealkylation sites (tertiary alicyclic amines) is 1. The van der Waals surface area contributed by atoms with Crippen LogP contribution in [0.1, 0.15) is 42.0 Å². The average Bonchev–Trinajstić information content (AvgIpc) is 3.35. The molecule has 1 saturated carbocycles.